The molecule has 0 fully saturated rings. The van der Waals surface area contributed by atoms with Gasteiger partial charge in [0.25, 0.3) is 0 Å². The summed E-state index contributed by atoms with van der Waals surface area (Å²) >= 11 is 0. The Morgan fingerprint density at radius 1 is 1.10 bits per heavy atom. The van der Waals surface area contributed by atoms with Crippen LogP contribution in [-0.2, 0) is 10.8 Å². The van der Waals surface area contributed by atoms with E-state index in [0.717, 1.165) is 30.9 Å². The summed E-state index contributed by atoms with van der Waals surface area (Å²) in [6.45, 7) is 9.61. The zero-order chi connectivity index (χ0) is 15.7. The molecule has 0 radical (unpaired) electrons. The average molecular weight is 310 g/mol. The van der Waals surface area contributed by atoms with Crippen LogP contribution in [0, 0.1) is 13.8 Å². The lowest BCUT2D eigenvalue weighted by Gasteiger charge is -2.20. The Morgan fingerprint density at radius 2 is 1.86 bits per heavy atom. The minimum absolute atomic E-state index is 0.215. The minimum atomic E-state index is -0.730. The molecule has 1 aromatic carbocycles. The highest BCUT2D eigenvalue weighted by atomic mass is 32.2. The fraction of sp³-hybridized carbons (Fsp3) is 0.667. The van der Waals surface area contributed by atoms with Gasteiger partial charge in [0.05, 0.1) is 0 Å². The van der Waals surface area contributed by atoms with Crippen molar-refractivity contribution < 1.29 is 4.21 Å². The summed E-state index contributed by atoms with van der Waals surface area (Å²) in [5, 5.41) is 3.56. The van der Waals surface area contributed by atoms with Crippen LogP contribution in [0.15, 0.2) is 18.2 Å². The Hall–Kier alpha value is -0.670. The van der Waals surface area contributed by atoms with E-state index in [2.05, 4.69) is 51.2 Å². The normalized spacial score (nSPS) is 14.1. The van der Waals surface area contributed by atoms with E-state index in [1.807, 2.05) is 0 Å². The molecule has 0 aliphatic heterocycles. The highest BCUT2D eigenvalue weighted by Crippen LogP contribution is 2.19. The Balaban J connectivity index is 2.70. The summed E-state index contributed by atoms with van der Waals surface area (Å²) in [7, 11) is -0.730. The van der Waals surface area contributed by atoms with Gasteiger partial charge in [-0.25, -0.2) is 0 Å². The molecule has 0 spiro atoms. The first-order chi connectivity index (χ1) is 10.1. The summed E-state index contributed by atoms with van der Waals surface area (Å²) in [4.78, 5) is 0. The van der Waals surface area contributed by atoms with Gasteiger partial charge < -0.3 is 5.32 Å². The Labute approximate surface area is 133 Å². The summed E-state index contributed by atoms with van der Waals surface area (Å²) in [6, 6.07) is 6.81. The van der Waals surface area contributed by atoms with Gasteiger partial charge in [-0.05, 0) is 49.9 Å². The first-order valence-electron chi connectivity index (χ1n) is 8.24. The van der Waals surface area contributed by atoms with Crippen LogP contribution in [0.2, 0.25) is 0 Å². The van der Waals surface area contributed by atoms with Crippen LogP contribution in [0.3, 0.4) is 0 Å². The van der Waals surface area contributed by atoms with E-state index in [-0.39, 0.29) is 6.04 Å². The van der Waals surface area contributed by atoms with Crippen molar-refractivity contribution in [3.8, 4) is 0 Å². The summed E-state index contributed by atoms with van der Waals surface area (Å²) < 4.78 is 12.3. The molecule has 0 aromatic heterocycles. The van der Waals surface area contributed by atoms with E-state index < -0.39 is 10.8 Å². The predicted octanol–water partition coefficient (Wildman–Crippen LogP) is 4.28. The molecule has 2 nitrogen and oxygen atoms in total. The SMILES string of the molecule is CCCCCS(=O)CC(NCCC)c1ccc(C)c(C)c1. The molecule has 0 saturated carbocycles. The Morgan fingerprint density at radius 3 is 2.48 bits per heavy atom. The lowest BCUT2D eigenvalue weighted by Crippen LogP contribution is -2.27. The lowest BCUT2D eigenvalue weighted by molar-refractivity contribution is 0.568. The highest BCUT2D eigenvalue weighted by molar-refractivity contribution is 7.85. The molecule has 21 heavy (non-hydrogen) atoms. The molecule has 0 bridgehead atoms. The lowest BCUT2D eigenvalue weighted by atomic mass is 10.0. The van der Waals surface area contributed by atoms with E-state index >= 15 is 0 Å². The average Bonchev–Trinajstić information content (AvgIpc) is 2.46. The van der Waals surface area contributed by atoms with E-state index in [1.54, 1.807) is 0 Å². The van der Waals surface area contributed by atoms with Gasteiger partial charge in [0.1, 0.15) is 0 Å². The quantitative estimate of drug-likeness (QED) is 0.654. The zero-order valence-corrected chi connectivity index (χ0v) is 14.9. The van der Waals surface area contributed by atoms with Crippen molar-refractivity contribution in [1.29, 1.82) is 0 Å². The summed E-state index contributed by atoms with van der Waals surface area (Å²) in [5.74, 6) is 1.56. The topological polar surface area (TPSA) is 29.1 Å². The third kappa shape index (κ3) is 6.75. The molecule has 2 unspecified atom stereocenters. The maximum absolute atomic E-state index is 12.3. The fourth-order valence-corrected chi connectivity index (χ4v) is 3.73. The van der Waals surface area contributed by atoms with Crippen molar-refractivity contribution in [2.45, 2.75) is 59.4 Å². The maximum atomic E-state index is 12.3. The zero-order valence-electron chi connectivity index (χ0n) is 14.1. The molecule has 0 heterocycles. The van der Waals surface area contributed by atoms with Crippen molar-refractivity contribution in [3.05, 3.63) is 34.9 Å². The number of rotatable bonds is 10. The molecule has 0 amide bonds. The molecule has 0 aliphatic carbocycles. The maximum Gasteiger partial charge on any atom is 0.0436 e. The van der Waals surface area contributed by atoms with Crippen LogP contribution in [0.4, 0.5) is 0 Å². The number of aryl methyl sites for hydroxylation is 2. The van der Waals surface area contributed by atoms with E-state index in [0.29, 0.717) is 0 Å². The molecule has 2 atom stereocenters. The number of hydrogen-bond acceptors (Lipinski definition) is 2. The second-order valence-corrected chi connectivity index (χ2v) is 7.49. The van der Waals surface area contributed by atoms with Crippen molar-refractivity contribution in [2.75, 3.05) is 18.1 Å². The summed E-state index contributed by atoms with van der Waals surface area (Å²) in [6.07, 6.45) is 4.55. The molecular weight excluding hydrogens is 278 g/mol. The smallest absolute Gasteiger partial charge is 0.0436 e. The molecule has 3 heteroatoms. The fourth-order valence-electron chi connectivity index (χ4n) is 2.36. The monoisotopic (exact) mass is 309 g/mol. The van der Waals surface area contributed by atoms with E-state index in [1.165, 1.54) is 29.5 Å². The number of nitrogens with one attached hydrogen (secondary N) is 1. The van der Waals surface area contributed by atoms with Crippen LogP contribution in [-0.4, -0.2) is 22.3 Å². The number of benzene rings is 1. The molecule has 1 rings (SSSR count). The Kier molecular flexibility index (Phi) is 8.86. The Bertz CT molecular complexity index is 445. The van der Waals surface area contributed by atoms with Gasteiger partial charge in [-0.15, -0.1) is 0 Å². The molecule has 0 saturated heterocycles. The molecule has 1 N–H and O–H groups in total. The van der Waals surface area contributed by atoms with Gasteiger partial charge in [0, 0.05) is 28.3 Å². The van der Waals surface area contributed by atoms with Gasteiger partial charge in [0.15, 0.2) is 0 Å². The van der Waals surface area contributed by atoms with Gasteiger partial charge in [-0.1, -0.05) is 44.9 Å². The second-order valence-electron chi connectivity index (χ2n) is 5.87. The first-order valence-corrected chi connectivity index (χ1v) is 9.72. The summed E-state index contributed by atoms with van der Waals surface area (Å²) in [5.41, 5.74) is 3.90. The van der Waals surface area contributed by atoms with Crippen LogP contribution in [0.1, 0.15) is 62.3 Å². The van der Waals surface area contributed by atoms with E-state index in [4.69, 9.17) is 0 Å². The van der Waals surface area contributed by atoms with Crippen molar-refractivity contribution in [2.24, 2.45) is 0 Å². The van der Waals surface area contributed by atoms with Gasteiger partial charge in [-0.2, -0.15) is 0 Å². The van der Waals surface area contributed by atoms with Crippen LogP contribution < -0.4 is 5.32 Å². The van der Waals surface area contributed by atoms with Gasteiger partial charge >= 0.3 is 0 Å². The third-order valence-corrected chi connectivity index (χ3v) is 5.35. The standard InChI is InChI=1S/C18H31NOS/c1-5-7-8-12-21(20)14-18(19-11-6-2)17-10-9-15(3)16(4)13-17/h9-10,13,18-19H,5-8,11-12,14H2,1-4H3. The minimum Gasteiger partial charge on any atom is -0.309 e. The van der Waals surface area contributed by atoms with Crippen LogP contribution in [0.5, 0.6) is 0 Å². The molecule has 0 aliphatic rings. The van der Waals surface area contributed by atoms with Gasteiger partial charge in [-0.3, -0.25) is 4.21 Å². The van der Waals surface area contributed by atoms with Crippen LogP contribution in [0.25, 0.3) is 0 Å². The highest BCUT2D eigenvalue weighted by Gasteiger charge is 2.14. The van der Waals surface area contributed by atoms with Crippen LogP contribution >= 0.6 is 0 Å². The number of unbranched alkanes of at least 4 members (excludes halogenated alkanes) is 2. The van der Waals surface area contributed by atoms with Crippen molar-refractivity contribution in [1.82, 2.24) is 5.32 Å². The predicted molar refractivity (Wildman–Crippen MR) is 94.4 cm³/mol. The third-order valence-electron chi connectivity index (χ3n) is 3.90. The molecule has 120 valence electrons. The number of hydrogen-bond donors (Lipinski definition) is 1. The largest absolute Gasteiger partial charge is 0.309 e. The van der Waals surface area contributed by atoms with Crippen molar-refractivity contribution in [3.63, 3.8) is 0 Å². The van der Waals surface area contributed by atoms with Crippen molar-refractivity contribution >= 4 is 10.8 Å². The van der Waals surface area contributed by atoms with E-state index in [9.17, 15) is 4.21 Å². The molecular formula is C18H31NOS. The molecule has 1 aromatic rings. The first kappa shape index (κ1) is 18.4. The van der Waals surface area contributed by atoms with Gasteiger partial charge in [0.2, 0.25) is 0 Å². The second kappa shape index (κ2) is 10.1.